The summed E-state index contributed by atoms with van der Waals surface area (Å²) in [6.45, 7) is 2.54. The minimum Gasteiger partial charge on any atom is -0.377 e. The normalized spacial score (nSPS) is 33.0. The fourth-order valence-electron chi connectivity index (χ4n) is 2.67. The number of nitro groups is 1. The van der Waals surface area contributed by atoms with Gasteiger partial charge in [-0.05, 0) is 30.8 Å². The van der Waals surface area contributed by atoms with E-state index in [1.807, 2.05) is 19.1 Å². The summed E-state index contributed by atoms with van der Waals surface area (Å²) in [5.74, 6) is -0.483. The molecule has 2 rings (SSSR count). The van der Waals surface area contributed by atoms with Gasteiger partial charge in [0, 0.05) is 12.8 Å². The van der Waals surface area contributed by atoms with Gasteiger partial charge < -0.3 is 14.9 Å². The lowest BCUT2D eigenvalue weighted by Crippen LogP contribution is -2.46. The molecular weight excluding hydrogens is 234 g/mol. The van der Waals surface area contributed by atoms with E-state index < -0.39 is 16.4 Å². The lowest BCUT2D eigenvalue weighted by molar-refractivity contribution is -0.359. The van der Waals surface area contributed by atoms with Gasteiger partial charge in [-0.1, -0.05) is 11.1 Å². The number of rotatable bonds is 3. The summed E-state index contributed by atoms with van der Waals surface area (Å²) in [6, 6.07) is 0. The molecular formula is C12H17N3O3. The number of aliphatic imine (C=N–C) groups is 2. The van der Waals surface area contributed by atoms with Crippen molar-refractivity contribution >= 4 is 12.1 Å². The van der Waals surface area contributed by atoms with Crippen LogP contribution in [-0.2, 0) is 4.74 Å². The van der Waals surface area contributed by atoms with Gasteiger partial charge in [-0.3, -0.25) is 4.99 Å². The summed E-state index contributed by atoms with van der Waals surface area (Å²) >= 11 is 0. The third-order valence-corrected chi connectivity index (χ3v) is 3.53. The fraction of sp³-hybridized carbons (Fsp3) is 0.667. The van der Waals surface area contributed by atoms with Crippen LogP contribution in [0.25, 0.3) is 0 Å². The van der Waals surface area contributed by atoms with Gasteiger partial charge in [0.1, 0.15) is 13.0 Å². The van der Waals surface area contributed by atoms with Crippen LogP contribution in [0.15, 0.2) is 22.1 Å². The lowest BCUT2D eigenvalue weighted by atomic mass is 9.80. The van der Waals surface area contributed by atoms with Crippen LogP contribution < -0.4 is 0 Å². The summed E-state index contributed by atoms with van der Waals surface area (Å²) in [5.41, 5.74) is -0.628. The third-order valence-electron chi connectivity index (χ3n) is 3.53. The van der Waals surface area contributed by atoms with Gasteiger partial charge in [-0.25, -0.2) is 0 Å². The summed E-state index contributed by atoms with van der Waals surface area (Å²) in [4.78, 5) is 19.0. The molecule has 0 bridgehead atoms. The van der Waals surface area contributed by atoms with Gasteiger partial charge in [-0.2, -0.15) is 0 Å². The van der Waals surface area contributed by atoms with Gasteiger partial charge in [0.05, 0.1) is 11.6 Å². The molecule has 0 N–H and O–H groups in total. The standard InChI is InChI=1S/C12H17N3O3/c1-12(6-4-7-14-12)10(9-5-3-8-18-9)11(13-2)15(16)17/h4,6-7,9-10H,3,5,8H2,1-2H3. The van der Waals surface area contributed by atoms with Crippen LogP contribution >= 0.6 is 0 Å². The maximum atomic E-state index is 11.2. The van der Waals surface area contributed by atoms with Crippen molar-refractivity contribution in [2.24, 2.45) is 15.9 Å². The molecule has 0 spiro atoms. The number of hydrogen-bond acceptors (Lipinski definition) is 5. The second-order valence-corrected chi connectivity index (χ2v) is 4.73. The lowest BCUT2D eigenvalue weighted by Gasteiger charge is -2.31. The Labute approximate surface area is 106 Å². The van der Waals surface area contributed by atoms with E-state index in [4.69, 9.17) is 4.74 Å². The van der Waals surface area contributed by atoms with E-state index in [1.54, 1.807) is 6.21 Å². The topological polar surface area (TPSA) is 77.1 Å². The summed E-state index contributed by atoms with van der Waals surface area (Å²) in [5, 5.41) is 11.2. The van der Waals surface area contributed by atoms with Crippen LogP contribution in [0.3, 0.4) is 0 Å². The molecule has 3 atom stereocenters. The average Bonchev–Trinajstić information content (AvgIpc) is 2.96. The number of allylic oxidation sites excluding steroid dienone is 1. The zero-order valence-corrected chi connectivity index (χ0v) is 10.6. The molecule has 1 saturated heterocycles. The Bertz CT molecular complexity index is 410. The first-order valence-electron chi connectivity index (χ1n) is 6.04. The second kappa shape index (κ2) is 4.97. The Morgan fingerprint density at radius 3 is 2.94 bits per heavy atom. The Balaban J connectivity index is 2.36. The van der Waals surface area contributed by atoms with E-state index in [2.05, 4.69) is 9.98 Å². The van der Waals surface area contributed by atoms with Crippen LogP contribution in [0.1, 0.15) is 19.8 Å². The van der Waals surface area contributed by atoms with Crippen molar-refractivity contribution in [2.45, 2.75) is 31.4 Å². The molecule has 98 valence electrons. The molecule has 0 aromatic rings. The molecule has 2 aliphatic heterocycles. The summed E-state index contributed by atoms with van der Waals surface area (Å²) < 4.78 is 5.63. The highest BCUT2D eigenvalue weighted by Crippen LogP contribution is 2.35. The molecule has 6 nitrogen and oxygen atoms in total. The average molecular weight is 251 g/mol. The Morgan fingerprint density at radius 2 is 2.50 bits per heavy atom. The molecule has 0 radical (unpaired) electrons. The SMILES string of the molecule is CN=C(C(C1CCCO1)C1(C)C=CC=N1)[N+](=O)[O-]. The maximum absolute atomic E-state index is 11.2. The van der Waals surface area contributed by atoms with Gasteiger partial charge in [0.25, 0.3) is 0 Å². The highest BCUT2D eigenvalue weighted by molar-refractivity contribution is 5.83. The van der Waals surface area contributed by atoms with Crippen molar-refractivity contribution in [1.29, 1.82) is 0 Å². The zero-order chi connectivity index (χ0) is 13.2. The summed E-state index contributed by atoms with van der Waals surface area (Å²) in [6.07, 6.45) is 6.94. The van der Waals surface area contributed by atoms with E-state index in [-0.39, 0.29) is 11.9 Å². The molecule has 2 heterocycles. The third kappa shape index (κ3) is 2.20. The van der Waals surface area contributed by atoms with Gasteiger partial charge in [-0.15, -0.1) is 0 Å². The van der Waals surface area contributed by atoms with Crippen LogP contribution in [0.5, 0.6) is 0 Å². The van der Waals surface area contributed by atoms with Gasteiger partial charge >= 0.3 is 5.84 Å². The molecule has 0 saturated carbocycles. The predicted molar refractivity (Wildman–Crippen MR) is 68.9 cm³/mol. The quantitative estimate of drug-likeness (QED) is 0.330. The van der Waals surface area contributed by atoms with E-state index in [0.717, 1.165) is 12.8 Å². The van der Waals surface area contributed by atoms with Crippen LogP contribution in [0.4, 0.5) is 0 Å². The number of amidine groups is 1. The fourth-order valence-corrected chi connectivity index (χ4v) is 2.67. The Morgan fingerprint density at radius 1 is 1.72 bits per heavy atom. The van der Waals surface area contributed by atoms with Crippen molar-refractivity contribution in [3.63, 3.8) is 0 Å². The van der Waals surface area contributed by atoms with Crippen LogP contribution in [-0.4, -0.2) is 42.3 Å². The van der Waals surface area contributed by atoms with Crippen molar-refractivity contribution in [3.05, 3.63) is 22.3 Å². The van der Waals surface area contributed by atoms with Gasteiger partial charge in [0.15, 0.2) is 0 Å². The number of nitrogens with zero attached hydrogens (tertiary/aromatic N) is 3. The number of ether oxygens (including phenoxy) is 1. The van der Waals surface area contributed by atoms with Gasteiger partial charge in [0.2, 0.25) is 0 Å². The van der Waals surface area contributed by atoms with Crippen LogP contribution in [0.2, 0.25) is 0 Å². The smallest absolute Gasteiger partial charge is 0.341 e. The van der Waals surface area contributed by atoms with E-state index in [0.29, 0.717) is 6.61 Å². The first kappa shape index (κ1) is 12.9. The van der Waals surface area contributed by atoms with E-state index in [9.17, 15) is 10.1 Å². The molecule has 0 amide bonds. The maximum Gasteiger partial charge on any atom is 0.341 e. The molecule has 0 aromatic carbocycles. The Kier molecular flexibility index (Phi) is 3.56. The molecule has 0 aliphatic carbocycles. The van der Waals surface area contributed by atoms with E-state index in [1.165, 1.54) is 7.05 Å². The predicted octanol–water partition coefficient (Wildman–Crippen LogP) is 1.49. The first-order chi connectivity index (χ1) is 8.58. The van der Waals surface area contributed by atoms with Crippen LogP contribution in [0, 0.1) is 16.0 Å². The molecule has 0 aromatic heterocycles. The minimum absolute atomic E-state index is 0.0481. The molecule has 6 heteroatoms. The first-order valence-corrected chi connectivity index (χ1v) is 6.04. The molecule has 1 fully saturated rings. The Hall–Kier alpha value is -1.56. The molecule has 18 heavy (non-hydrogen) atoms. The zero-order valence-electron chi connectivity index (χ0n) is 10.6. The molecule has 2 aliphatic rings. The highest BCUT2D eigenvalue weighted by atomic mass is 16.6. The van der Waals surface area contributed by atoms with Crippen molar-refractivity contribution in [2.75, 3.05) is 13.7 Å². The largest absolute Gasteiger partial charge is 0.377 e. The number of hydrogen-bond donors (Lipinski definition) is 0. The van der Waals surface area contributed by atoms with Crippen molar-refractivity contribution < 1.29 is 9.66 Å². The monoisotopic (exact) mass is 251 g/mol. The van der Waals surface area contributed by atoms with Crippen molar-refractivity contribution in [1.82, 2.24) is 0 Å². The van der Waals surface area contributed by atoms with Crippen molar-refractivity contribution in [3.8, 4) is 0 Å². The second-order valence-electron chi connectivity index (χ2n) is 4.73. The highest BCUT2D eigenvalue weighted by Gasteiger charge is 2.48. The summed E-state index contributed by atoms with van der Waals surface area (Å²) in [7, 11) is 1.45. The minimum atomic E-state index is -0.628. The van der Waals surface area contributed by atoms with E-state index >= 15 is 0 Å². The molecule has 3 unspecified atom stereocenters.